The van der Waals surface area contributed by atoms with Crippen molar-refractivity contribution in [3.05, 3.63) is 0 Å². The lowest BCUT2D eigenvalue weighted by atomic mass is 11.0. The third-order valence-electron chi connectivity index (χ3n) is 0.449. The summed E-state index contributed by atoms with van der Waals surface area (Å²) in [7, 11) is 0. The van der Waals surface area contributed by atoms with Crippen molar-refractivity contribution in [1.82, 2.24) is 5.06 Å². The second kappa shape index (κ2) is 2.36. The van der Waals surface area contributed by atoms with E-state index in [-0.39, 0.29) is 0 Å². The Morgan fingerprint density at radius 1 is 1.56 bits per heavy atom. The molecule has 0 spiro atoms. The summed E-state index contributed by atoms with van der Waals surface area (Å²) in [6.45, 7) is 0. The summed E-state index contributed by atoms with van der Waals surface area (Å²) in [6.07, 6.45) is -4.90. The van der Waals surface area contributed by atoms with Crippen LogP contribution in [0.5, 0.6) is 0 Å². The molecule has 0 heterocycles. The maximum atomic E-state index is 11.2. The van der Waals surface area contributed by atoms with E-state index < -0.39 is 16.5 Å². The summed E-state index contributed by atoms with van der Waals surface area (Å²) < 4.78 is 33.6. The Hall–Kier alpha value is -0.560. The molecule has 0 unspecified atom stereocenters. The molecule has 0 atom stereocenters. The molecule has 3 nitrogen and oxygen atoms in total. The largest absolute Gasteiger partial charge is 0.510 e. The van der Waals surface area contributed by atoms with E-state index in [1.54, 1.807) is 0 Å². The van der Waals surface area contributed by atoms with Crippen molar-refractivity contribution in [3.63, 3.8) is 0 Å². The predicted octanol–water partition coefficient (Wildman–Crippen LogP) is 0.441. The molecule has 0 fully saturated rings. The zero-order valence-corrected chi connectivity index (χ0v) is 4.83. The topological polar surface area (TPSA) is 49.5 Å². The molecule has 0 bridgehead atoms. The van der Waals surface area contributed by atoms with Crippen LogP contribution in [0.15, 0.2) is 0 Å². The molecular weight excluding hydrogens is 157 g/mol. The number of hydrogen-bond acceptors (Lipinski definition) is 2. The molecule has 0 aliphatic carbocycles. The first-order valence-corrected chi connectivity index (χ1v) is 2.12. The SMILES string of the molecule is NC(=S)N(O)C(F)(F)F. The van der Waals surface area contributed by atoms with Gasteiger partial charge in [-0.1, -0.05) is 0 Å². The molecule has 0 rings (SSSR count). The molecule has 0 aromatic rings. The quantitative estimate of drug-likeness (QED) is 0.306. The van der Waals surface area contributed by atoms with E-state index in [1.165, 1.54) is 0 Å². The average molecular weight is 160 g/mol. The zero-order chi connectivity index (χ0) is 7.65. The van der Waals surface area contributed by atoms with Crippen molar-refractivity contribution < 1.29 is 18.4 Å². The third kappa shape index (κ3) is 2.47. The average Bonchev–Trinajstić information content (AvgIpc) is 1.62. The molecule has 0 aliphatic rings. The normalized spacial score (nSPS) is 11.1. The fourth-order valence-electron chi connectivity index (χ4n) is 0.125. The molecule has 9 heavy (non-hydrogen) atoms. The minimum Gasteiger partial charge on any atom is -0.374 e. The van der Waals surface area contributed by atoms with Gasteiger partial charge in [0, 0.05) is 0 Å². The van der Waals surface area contributed by atoms with Crippen LogP contribution in [0.2, 0.25) is 0 Å². The van der Waals surface area contributed by atoms with Gasteiger partial charge in [-0.15, -0.1) is 18.2 Å². The molecule has 54 valence electrons. The van der Waals surface area contributed by atoms with Crippen LogP contribution in [0.25, 0.3) is 0 Å². The van der Waals surface area contributed by atoms with Gasteiger partial charge in [0.2, 0.25) is 0 Å². The van der Waals surface area contributed by atoms with Crippen molar-refractivity contribution in [2.45, 2.75) is 6.30 Å². The fraction of sp³-hybridized carbons (Fsp3) is 0.500. The van der Waals surface area contributed by atoms with Crippen LogP contribution in [0.3, 0.4) is 0 Å². The van der Waals surface area contributed by atoms with Crippen molar-refractivity contribution in [3.8, 4) is 0 Å². The molecular formula is C2H3F3N2OS. The number of alkyl halides is 3. The summed E-state index contributed by atoms with van der Waals surface area (Å²) in [5, 5.41) is 5.65. The Morgan fingerprint density at radius 3 is 1.89 bits per heavy atom. The third-order valence-corrected chi connectivity index (χ3v) is 0.622. The molecule has 0 aliphatic heterocycles. The number of hydrogen-bond donors (Lipinski definition) is 2. The molecule has 7 heteroatoms. The first-order valence-electron chi connectivity index (χ1n) is 1.71. The molecule has 0 saturated carbocycles. The van der Waals surface area contributed by atoms with Gasteiger partial charge in [0.25, 0.3) is 0 Å². The highest BCUT2D eigenvalue weighted by molar-refractivity contribution is 7.80. The number of nitrogens with zero attached hydrogens (tertiary/aromatic N) is 1. The van der Waals surface area contributed by atoms with Crippen molar-refractivity contribution in [1.29, 1.82) is 0 Å². The van der Waals surface area contributed by atoms with Gasteiger partial charge < -0.3 is 5.73 Å². The summed E-state index contributed by atoms with van der Waals surface area (Å²) in [6, 6.07) is 0. The summed E-state index contributed by atoms with van der Waals surface area (Å²) >= 11 is 3.80. The Labute approximate surface area is 53.8 Å². The van der Waals surface area contributed by atoms with Gasteiger partial charge in [0.05, 0.1) is 0 Å². The van der Waals surface area contributed by atoms with Crippen LogP contribution in [-0.2, 0) is 0 Å². The van der Waals surface area contributed by atoms with Crippen LogP contribution in [0.4, 0.5) is 13.2 Å². The standard InChI is InChI=1S/C2H3F3N2OS/c3-2(4,5)7(8)1(6)9/h8H,(H2,6,9). The highest BCUT2D eigenvalue weighted by Crippen LogP contribution is 2.17. The second-order valence-corrected chi connectivity index (χ2v) is 1.54. The maximum Gasteiger partial charge on any atom is 0.510 e. The van der Waals surface area contributed by atoms with Gasteiger partial charge in [0.1, 0.15) is 0 Å². The van der Waals surface area contributed by atoms with Crippen molar-refractivity contribution >= 4 is 17.3 Å². The molecule has 0 aromatic carbocycles. The van der Waals surface area contributed by atoms with Gasteiger partial charge in [-0.25, -0.2) is 0 Å². The van der Waals surface area contributed by atoms with Gasteiger partial charge >= 0.3 is 6.30 Å². The summed E-state index contributed by atoms with van der Waals surface area (Å²) in [5.41, 5.74) is 4.41. The van der Waals surface area contributed by atoms with E-state index in [0.29, 0.717) is 0 Å². The molecule has 0 aromatic heterocycles. The smallest absolute Gasteiger partial charge is 0.374 e. The van der Waals surface area contributed by atoms with Crippen LogP contribution >= 0.6 is 12.2 Å². The second-order valence-electron chi connectivity index (χ2n) is 1.12. The summed E-state index contributed by atoms with van der Waals surface area (Å²) in [4.78, 5) is 0. The highest BCUT2D eigenvalue weighted by atomic mass is 32.1. The number of thiocarbonyl (C=S) groups is 1. The first-order chi connectivity index (χ1) is 3.85. The lowest BCUT2D eigenvalue weighted by molar-refractivity contribution is -0.313. The van der Waals surface area contributed by atoms with E-state index in [4.69, 9.17) is 5.21 Å². The molecule has 0 amide bonds. The van der Waals surface area contributed by atoms with E-state index >= 15 is 0 Å². The van der Waals surface area contributed by atoms with Crippen LogP contribution in [0.1, 0.15) is 0 Å². The maximum absolute atomic E-state index is 11.2. The Balaban J connectivity index is 4.04. The fourth-order valence-corrected chi connectivity index (χ4v) is 0.228. The summed E-state index contributed by atoms with van der Waals surface area (Å²) in [5.74, 6) is 0. The van der Waals surface area contributed by atoms with E-state index in [9.17, 15) is 13.2 Å². The van der Waals surface area contributed by atoms with Crippen LogP contribution in [0, 0.1) is 0 Å². The van der Waals surface area contributed by atoms with Crippen molar-refractivity contribution in [2.24, 2.45) is 5.73 Å². The van der Waals surface area contributed by atoms with Crippen LogP contribution < -0.4 is 5.73 Å². The number of halogens is 3. The minimum atomic E-state index is -4.90. The van der Waals surface area contributed by atoms with E-state index in [1.807, 2.05) is 0 Å². The number of nitrogens with two attached hydrogens (primary N) is 1. The van der Waals surface area contributed by atoms with E-state index in [2.05, 4.69) is 18.0 Å². The Morgan fingerprint density at radius 2 is 1.89 bits per heavy atom. The van der Waals surface area contributed by atoms with Gasteiger partial charge in [-0.2, -0.15) is 0 Å². The minimum absolute atomic E-state index is 1.12. The predicted molar refractivity (Wildman–Crippen MR) is 26.5 cm³/mol. The van der Waals surface area contributed by atoms with Crippen molar-refractivity contribution in [2.75, 3.05) is 0 Å². The lowest BCUT2D eigenvalue weighted by Gasteiger charge is -2.16. The lowest BCUT2D eigenvalue weighted by Crippen LogP contribution is -2.43. The Kier molecular flexibility index (Phi) is 2.21. The van der Waals surface area contributed by atoms with Gasteiger partial charge in [-0.05, 0) is 12.2 Å². The monoisotopic (exact) mass is 160 g/mol. The molecule has 0 saturated heterocycles. The Bertz CT molecular complexity index is 123. The van der Waals surface area contributed by atoms with Crippen LogP contribution in [-0.4, -0.2) is 21.7 Å². The molecule has 3 N–H and O–H groups in total. The van der Waals surface area contributed by atoms with Gasteiger partial charge in [0.15, 0.2) is 5.11 Å². The number of rotatable bonds is 0. The molecule has 0 radical (unpaired) electrons. The van der Waals surface area contributed by atoms with Gasteiger partial charge in [-0.3, -0.25) is 5.21 Å². The zero-order valence-electron chi connectivity index (χ0n) is 4.01. The first kappa shape index (κ1) is 8.44. The highest BCUT2D eigenvalue weighted by Gasteiger charge is 2.37. The van der Waals surface area contributed by atoms with E-state index in [0.717, 1.165) is 0 Å². The number of hydroxylamine groups is 2.